The van der Waals surface area contributed by atoms with Gasteiger partial charge in [0.1, 0.15) is 5.58 Å². The molecule has 0 saturated heterocycles. The highest BCUT2D eigenvalue weighted by Crippen LogP contribution is 2.43. The molecule has 2 aromatic carbocycles. The Labute approximate surface area is 194 Å². The average Bonchev–Trinajstić information content (AvgIpc) is 3.26. The van der Waals surface area contributed by atoms with E-state index in [2.05, 4.69) is 4.98 Å². The second-order valence-electron chi connectivity index (χ2n) is 8.10. The van der Waals surface area contributed by atoms with Crippen LogP contribution < -0.4 is 10.3 Å². The largest absolute Gasteiger partial charge is 0.450 e. The Bertz CT molecular complexity index is 1430. The fourth-order valence-corrected chi connectivity index (χ4v) is 5.43. The molecule has 0 N–H and O–H groups in total. The number of thiazole rings is 1. The van der Waals surface area contributed by atoms with E-state index in [1.54, 1.807) is 16.7 Å². The van der Waals surface area contributed by atoms with Crippen molar-refractivity contribution in [3.8, 4) is 0 Å². The third kappa shape index (κ3) is 3.11. The SMILES string of the molecule is CSc1ccc([C@H]2c3c(oc4cc(C)c(C)cc4c3=O)C(=O)N2c2nc(C)c(C)s2)cc1. The van der Waals surface area contributed by atoms with Crippen LogP contribution in [0.5, 0.6) is 0 Å². The molecule has 1 amide bonds. The van der Waals surface area contributed by atoms with E-state index in [0.717, 1.165) is 32.2 Å². The Morgan fingerprint density at radius 1 is 1.03 bits per heavy atom. The van der Waals surface area contributed by atoms with Gasteiger partial charge in [0.05, 0.1) is 22.7 Å². The first-order valence-electron chi connectivity index (χ1n) is 10.3. The van der Waals surface area contributed by atoms with Crippen LogP contribution in [0.2, 0.25) is 0 Å². The third-order valence-corrected chi connectivity index (χ3v) is 7.96. The van der Waals surface area contributed by atoms with Crippen molar-refractivity contribution >= 4 is 45.1 Å². The molecule has 1 atom stereocenters. The average molecular weight is 463 g/mol. The number of anilines is 1. The lowest BCUT2D eigenvalue weighted by atomic mass is 9.97. The predicted octanol–water partition coefficient (Wildman–Crippen LogP) is 5.95. The number of aryl methyl sites for hydroxylation is 4. The zero-order valence-corrected chi connectivity index (χ0v) is 20.1. The molecule has 1 aliphatic rings. The summed E-state index contributed by atoms with van der Waals surface area (Å²) in [6.45, 7) is 7.84. The molecule has 0 saturated carbocycles. The van der Waals surface area contributed by atoms with E-state index in [1.807, 2.05) is 70.3 Å². The van der Waals surface area contributed by atoms with Crippen LogP contribution in [0.4, 0.5) is 5.13 Å². The van der Waals surface area contributed by atoms with E-state index < -0.39 is 6.04 Å². The van der Waals surface area contributed by atoms with Gasteiger partial charge in [0.2, 0.25) is 5.76 Å². The first-order valence-corrected chi connectivity index (χ1v) is 12.3. The van der Waals surface area contributed by atoms with Crippen molar-refractivity contribution < 1.29 is 9.21 Å². The molecule has 162 valence electrons. The smallest absolute Gasteiger partial charge is 0.297 e. The fraction of sp³-hybridized carbons (Fsp3) is 0.240. The minimum Gasteiger partial charge on any atom is -0.450 e. The van der Waals surface area contributed by atoms with Gasteiger partial charge in [-0.15, -0.1) is 23.1 Å². The number of carbonyl (C=O) groups is 1. The quantitative estimate of drug-likeness (QED) is 0.352. The van der Waals surface area contributed by atoms with Crippen molar-refractivity contribution in [2.75, 3.05) is 11.2 Å². The topological polar surface area (TPSA) is 63.4 Å². The Balaban J connectivity index is 1.81. The van der Waals surface area contributed by atoms with Crippen LogP contribution in [0, 0.1) is 27.7 Å². The normalized spacial score (nSPS) is 15.6. The zero-order chi connectivity index (χ0) is 22.7. The summed E-state index contributed by atoms with van der Waals surface area (Å²) in [5, 5.41) is 1.07. The Hall–Kier alpha value is -2.90. The number of hydrogen-bond acceptors (Lipinski definition) is 6. The summed E-state index contributed by atoms with van der Waals surface area (Å²) >= 11 is 3.10. The van der Waals surface area contributed by atoms with Gasteiger partial charge < -0.3 is 4.42 Å². The van der Waals surface area contributed by atoms with Gasteiger partial charge >= 0.3 is 0 Å². The minimum absolute atomic E-state index is 0.107. The molecular weight excluding hydrogens is 440 g/mol. The Kier molecular flexibility index (Phi) is 4.98. The second-order valence-corrected chi connectivity index (χ2v) is 10.2. The number of hydrogen-bond donors (Lipinski definition) is 0. The molecule has 5 rings (SSSR count). The van der Waals surface area contributed by atoms with Crippen LogP contribution in [0.15, 0.2) is 50.5 Å². The highest BCUT2D eigenvalue weighted by Gasteiger charge is 2.45. The first kappa shape index (κ1) is 21.0. The predicted molar refractivity (Wildman–Crippen MR) is 130 cm³/mol. The molecule has 0 fully saturated rings. The molecule has 32 heavy (non-hydrogen) atoms. The molecular formula is C25H22N2O3S2. The number of thioether (sulfide) groups is 1. The summed E-state index contributed by atoms with van der Waals surface area (Å²) in [7, 11) is 0. The lowest BCUT2D eigenvalue weighted by molar-refractivity contribution is 0.0971. The number of carbonyl (C=O) groups excluding carboxylic acids is 1. The van der Waals surface area contributed by atoms with Crippen molar-refractivity contribution in [2.24, 2.45) is 0 Å². The highest BCUT2D eigenvalue weighted by atomic mass is 32.2. The van der Waals surface area contributed by atoms with Crippen LogP contribution in [0.3, 0.4) is 0 Å². The van der Waals surface area contributed by atoms with E-state index in [9.17, 15) is 9.59 Å². The summed E-state index contributed by atoms with van der Waals surface area (Å²) in [4.78, 5) is 35.8. The van der Waals surface area contributed by atoms with Crippen molar-refractivity contribution in [3.05, 3.63) is 85.2 Å². The fourth-order valence-electron chi connectivity index (χ4n) is 4.09. The number of rotatable bonds is 3. The standard InChI is InChI=1S/C25H22N2O3S2/c1-12-10-18-19(11-13(12)2)30-23-20(22(18)28)21(16-6-8-17(31-5)9-7-16)27(24(23)29)25-26-14(3)15(4)32-25/h6-11,21H,1-5H3/t21-/m0/s1. The van der Waals surface area contributed by atoms with E-state index in [0.29, 0.717) is 21.7 Å². The monoisotopic (exact) mass is 462 g/mol. The summed E-state index contributed by atoms with van der Waals surface area (Å²) in [6.07, 6.45) is 2.02. The van der Waals surface area contributed by atoms with Crippen molar-refractivity contribution in [3.63, 3.8) is 0 Å². The van der Waals surface area contributed by atoms with Gasteiger partial charge in [-0.2, -0.15) is 0 Å². The summed E-state index contributed by atoms with van der Waals surface area (Å²) in [5.41, 5.74) is 4.42. The Morgan fingerprint density at radius 2 is 1.72 bits per heavy atom. The van der Waals surface area contributed by atoms with Crippen molar-refractivity contribution in [1.82, 2.24) is 4.98 Å². The first-order chi connectivity index (χ1) is 15.3. The Morgan fingerprint density at radius 3 is 2.34 bits per heavy atom. The van der Waals surface area contributed by atoms with Crippen LogP contribution in [-0.4, -0.2) is 17.1 Å². The van der Waals surface area contributed by atoms with Gasteiger partial charge in [0.15, 0.2) is 10.6 Å². The third-order valence-electron chi connectivity index (χ3n) is 6.14. The zero-order valence-electron chi connectivity index (χ0n) is 18.5. The molecule has 4 aromatic rings. The number of aromatic nitrogens is 1. The van der Waals surface area contributed by atoms with Gasteiger partial charge in [0.25, 0.3) is 5.91 Å². The van der Waals surface area contributed by atoms with E-state index >= 15 is 0 Å². The molecule has 0 radical (unpaired) electrons. The molecule has 1 aliphatic heterocycles. The molecule has 0 spiro atoms. The van der Waals surface area contributed by atoms with Crippen molar-refractivity contribution in [1.29, 1.82) is 0 Å². The molecule has 2 aromatic heterocycles. The van der Waals surface area contributed by atoms with Gasteiger partial charge in [-0.3, -0.25) is 14.5 Å². The van der Waals surface area contributed by atoms with E-state index in [1.165, 1.54) is 11.3 Å². The second kappa shape index (κ2) is 7.60. The van der Waals surface area contributed by atoms with Crippen LogP contribution >= 0.6 is 23.1 Å². The van der Waals surface area contributed by atoms with E-state index in [4.69, 9.17) is 4.42 Å². The van der Waals surface area contributed by atoms with Gasteiger partial charge in [-0.25, -0.2) is 4.98 Å². The number of amides is 1. The summed E-state index contributed by atoms with van der Waals surface area (Å²) in [6, 6.07) is 11.1. The van der Waals surface area contributed by atoms with Crippen LogP contribution in [0.1, 0.15) is 49.4 Å². The molecule has 0 bridgehead atoms. The number of benzene rings is 2. The van der Waals surface area contributed by atoms with Crippen molar-refractivity contribution in [2.45, 2.75) is 38.6 Å². The molecule has 5 nitrogen and oxygen atoms in total. The molecule has 0 aliphatic carbocycles. The van der Waals surface area contributed by atoms with Gasteiger partial charge in [-0.05, 0) is 74.9 Å². The summed E-state index contributed by atoms with van der Waals surface area (Å²) in [5.74, 6) is -0.222. The number of nitrogens with zero attached hydrogens (tertiary/aromatic N) is 2. The summed E-state index contributed by atoms with van der Waals surface area (Å²) < 4.78 is 6.10. The molecule has 3 heterocycles. The van der Waals surface area contributed by atoms with Crippen LogP contribution in [-0.2, 0) is 0 Å². The number of fused-ring (bicyclic) bond motifs is 2. The molecule has 7 heteroatoms. The van der Waals surface area contributed by atoms with E-state index in [-0.39, 0.29) is 17.1 Å². The minimum atomic E-state index is -0.583. The maximum absolute atomic E-state index is 13.7. The lowest BCUT2D eigenvalue weighted by Gasteiger charge is -2.22. The van der Waals surface area contributed by atoms with Gasteiger partial charge in [-0.1, -0.05) is 12.1 Å². The molecule has 0 unspecified atom stereocenters. The van der Waals surface area contributed by atoms with Crippen LogP contribution in [0.25, 0.3) is 11.0 Å². The maximum Gasteiger partial charge on any atom is 0.297 e. The lowest BCUT2D eigenvalue weighted by Crippen LogP contribution is -2.29. The maximum atomic E-state index is 13.7. The van der Waals surface area contributed by atoms with Gasteiger partial charge in [0, 0.05) is 9.77 Å². The highest BCUT2D eigenvalue weighted by molar-refractivity contribution is 7.98.